The van der Waals surface area contributed by atoms with Gasteiger partial charge in [0, 0.05) is 5.56 Å². The lowest BCUT2D eigenvalue weighted by atomic mass is 10.1. The van der Waals surface area contributed by atoms with Crippen LogP contribution in [0, 0.1) is 0 Å². The highest BCUT2D eigenvalue weighted by molar-refractivity contribution is 6.34. The van der Waals surface area contributed by atoms with E-state index in [2.05, 4.69) is 0 Å². The summed E-state index contributed by atoms with van der Waals surface area (Å²) in [4.78, 5) is 21.5. The van der Waals surface area contributed by atoms with Gasteiger partial charge >= 0.3 is 6.18 Å². The molecule has 1 aromatic carbocycles. The van der Waals surface area contributed by atoms with E-state index in [1.807, 2.05) is 5.32 Å². The van der Waals surface area contributed by atoms with Gasteiger partial charge in [-0.3, -0.25) is 9.59 Å². The number of halogens is 4. The van der Waals surface area contributed by atoms with Gasteiger partial charge in [-0.25, -0.2) is 0 Å². The number of hydrogen-bond acceptors (Lipinski definition) is 2. The van der Waals surface area contributed by atoms with Crippen LogP contribution in [-0.4, -0.2) is 17.7 Å². The Hall–Kier alpha value is -1.56. The van der Waals surface area contributed by atoms with Crippen molar-refractivity contribution in [1.82, 2.24) is 5.32 Å². The summed E-state index contributed by atoms with van der Waals surface area (Å²) >= 11 is 5.48. The zero-order valence-electron chi connectivity index (χ0n) is 8.29. The normalized spacial score (nSPS) is 12.9. The molecule has 0 saturated carbocycles. The van der Waals surface area contributed by atoms with Gasteiger partial charge in [-0.1, -0.05) is 23.7 Å². The van der Waals surface area contributed by atoms with E-state index in [1.165, 1.54) is 0 Å². The molecule has 0 spiro atoms. The molecule has 0 heterocycles. The van der Waals surface area contributed by atoms with E-state index in [0.717, 1.165) is 24.3 Å². The van der Waals surface area contributed by atoms with Crippen molar-refractivity contribution in [3.8, 4) is 0 Å². The Labute approximate surface area is 99.6 Å². The second kappa shape index (κ2) is 5.18. The zero-order valence-corrected chi connectivity index (χ0v) is 9.05. The molecule has 0 aliphatic heterocycles. The highest BCUT2D eigenvalue weighted by atomic mass is 35.5. The van der Waals surface area contributed by atoms with Crippen molar-refractivity contribution in [2.75, 3.05) is 0 Å². The van der Waals surface area contributed by atoms with E-state index in [9.17, 15) is 22.8 Å². The van der Waals surface area contributed by atoms with Crippen LogP contribution >= 0.6 is 11.6 Å². The summed E-state index contributed by atoms with van der Waals surface area (Å²) in [6.45, 7) is 0. The Morgan fingerprint density at radius 2 is 1.82 bits per heavy atom. The van der Waals surface area contributed by atoms with Gasteiger partial charge in [-0.2, -0.15) is 13.2 Å². The van der Waals surface area contributed by atoms with E-state index in [0.29, 0.717) is 0 Å². The second-order valence-corrected chi connectivity index (χ2v) is 3.52. The fraction of sp³-hybridized carbons (Fsp3) is 0.200. The zero-order chi connectivity index (χ0) is 13.1. The molecule has 0 aromatic heterocycles. The Morgan fingerprint density at radius 1 is 1.29 bits per heavy atom. The number of carbonyl (C=O) groups excluding carboxylic acids is 2. The van der Waals surface area contributed by atoms with Crippen molar-refractivity contribution in [3.63, 3.8) is 0 Å². The van der Waals surface area contributed by atoms with E-state index >= 15 is 0 Å². The lowest BCUT2D eigenvalue weighted by Crippen LogP contribution is -2.30. The molecule has 0 aliphatic rings. The highest BCUT2D eigenvalue weighted by Crippen LogP contribution is 2.29. The lowest BCUT2D eigenvalue weighted by Gasteiger charge is -2.09. The fourth-order valence-electron chi connectivity index (χ4n) is 1.11. The van der Waals surface area contributed by atoms with Crippen LogP contribution in [0.25, 0.3) is 0 Å². The molecule has 0 saturated heterocycles. The summed E-state index contributed by atoms with van der Waals surface area (Å²) in [5.74, 6) is -0.674. The highest BCUT2D eigenvalue weighted by Gasteiger charge is 2.30. The number of rotatable bonds is 4. The van der Waals surface area contributed by atoms with Crippen LogP contribution in [0.3, 0.4) is 0 Å². The summed E-state index contributed by atoms with van der Waals surface area (Å²) in [5.41, 5.74) is -2.15. The Morgan fingerprint density at radius 3 is 2.24 bits per heavy atom. The average molecular weight is 266 g/mol. The minimum Gasteiger partial charge on any atom is -0.336 e. The topological polar surface area (TPSA) is 46.2 Å². The minimum absolute atomic E-state index is 0.00708. The van der Waals surface area contributed by atoms with Crippen LogP contribution < -0.4 is 5.32 Å². The van der Waals surface area contributed by atoms with Crippen molar-refractivity contribution < 1.29 is 22.8 Å². The maximum absolute atomic E-state index is 12.2. The van der Waals surface area contributed by atoms with Gasteiger partial charge in [-0.05, 0) is 12.1 Å². The van der Waals surface area contributed by atoms with Gasteiger partial charge in [-0.15, -0.1) is 0 Å². The van der Waals surface area contributed by atoms with Gasteiger partial charge in [0.25, 0.3) is 0 Å². The first-order chi connectivity index (χ1) is 7.86. The van der Waals surface area contributed by atoms with Gasteiger partial charge in [0.1, 0.15) is 0 Å². The van der Waals surface area contributed by atoms with Crippen LogP contribution in [0.15, 0.2) is 24.3 Å². The molecule has 0 aliphatic carbocycles. The van der Waals surface area contributed by atoms with Gasteiger partial charge in [0.15, 0.2) is 11.3 Å². The van der Waals surface area contributed by atoms with Crippen LogP contribution in [0.2, 0.25) is 0 Å². The lowest BCUT2D eigenvalue weighted by molar-refractivity contribution is -0.137. The Balaban J connectivity index is 2.88. The van der Waals surface area contributed by atoms with E-state index < -0.39 is 23.0 Å². The molecule has 1 atom stereocenters. The second-order valence-electron chi connectivity index (χ2n) is 3.09. The van der Waals surface area contributed by atoms with Crippen molar-refractivity contribution in [1.29, 1.82) is 0 Å². The number of nitrogens with one attached hydrogen (secondary N) is 1. The molecule has 0 bridgehead atoms. The number of alkyl halides is 4. The van der Waals surface area contributed by atoms with Crippen LogP contribution in [0.5, 0.6) is 0 Å². The fourth-order valence-corrected chi connectivity index (χ4v) is 1.28. The van der Waals surface area contributed by atoms with Crippen molar-refractivity contribution in [2.45, 2.75) is 11.7 Å². The maximum Gasteiger partial charge on any atom is 0.416 e. The van der Waals surface area contributed by atoms with Crippen molar-refractivity contribution in [2.24, 2.45) is 0 Å². The van der Waals surface area contributed by atoms with Crippen LogP contribution in [0.1, 0.15) is 15.9 Å². The van der Waals surface area contributed by atoms with Gasteiger partial charge in [0.05, 0.1) is 5.56 Å². The molecular weight excluding hydrogens is 259 g/mol. The smallest absolute Gasteiger partial charge is 0.336 e. The van der Waals surface area contributed by atoms with Crippen LogP contribution in [0.4, 0.5) is 13.2 Å². The summed E-state index contributed by atoms with van der Waals surface area (Å²) in [6.07, 6.45) is -4.22. The predicted octanol–water partition coefficient (Wildman–Crippen LogP) is 2.20. The van der Waals surface area contributed by atoms with E-state index in [4.69, 9.17) is 11.6 Å². The SMILES string of the molecule is O=CNC(Cl)C(=O)c1ccc(C(F)(F)F)cc1. The molecule has 1 rings (SSSR count). The standard InChI is InChI=1S/C10H7ClF3NO2/c11-9(15-5-16)8(17)6-1-3-7(4-2-6)10(12,13)14/h1-5,9H,(H,15,16). The third-order valence-corrected chi connectivity index (χ3v) is 2.27. The van der Waals surface area contributed by atoms with Crippen molar-refractivity contribution in [3.05, 3.63) is 35.4 Å². The quantitative estimate of drug-likeness (QED) is 0.393. The molecule has 7 heteroatoms. The number of benzene rings is 1. The first-order valence-electron chi connectivity index (χ1n) is 4.41. The number of ketones is 1. The minimum atomic E-state index is -4.46. The predicted molar refractivity (Wildman–Crippen MR) is 54.6 cm³/mol. The molecule has 17 heavy (non-hydrogen) atoms. The molecule has 3 nitrogen and oxygen atoms in total. The number of carbonyl (C=O) groups is 2. The summed E-state index contributed by atoms with van der Waals surface area (Å²) < 4.78 is 36.7. The third-order valence-electron chi connectivity index (χ3n) is 1.94. The number of amides is 1. The molecule has 1 unspecified atom stereocenters. The third kappa shape index (κ3) is 3.45. The largest absolute Gasteiger partial charge is 0.416 e. The van der Waals surface area contributed by atoms with Gasteiger partial charge < -0.3 is 5.32 Å². The first-order valence-corrected chi connectivity index (χ1v) is 4.85. The number of hydrogen-bond donors (Lipinski definition) is 1. The molecule has 1 aromatic rings. The van der Waals surface area contributed by atoms with Crippen LogP contribution in [-0.2, 0) is 11.0 Å². The number of Topliss-reactive ketones (excluding diaryl/α,β-unsaturated/α-hetero) is 1. The Bertz CT molecular complexity index is 417. The average Bonchev–Trinajstić information content (AvgIpc) is 2.27. The monoisotopic (exact) mass is 265 g/mol. The maximum atomic E-state index is 12.2. The summed E-state index contributed by atoms with van der Waals surface area (Å²) in [5, 5.41) is 2.00. The summed E-state index contributed by atoms with van der Waals surface area (Å²) in [7, 11) is 0. The molecule has 92 valence electrons. The molecular formula is C10H7ClF3NO2. The Kier molecular flexibility index (Phi) is 4.11. The molecule has 1 N–H and O–H groups in total. The molecule has 0 fully saturated rings. The summed E-state index contributed by atoms with van der Waals surface area (Å²) in [6, 6.07) is 3.57. The van der Waals surface area contributed by atoms with E-state index in [-0.39, 0.29) is 12.0 Å². The first kappa shape index (κ1) is 13.5. The molecule has 0 radical (unpaired) electrons. The molecule has 1 amide bonds. The van der Waals surface area contributed by atoms with E-state index in [1.54, 1.807) is 0 Å². The van der Waals surface area contributed by atoms with Crippen molar-refractivity contribution >= 4 is 23.8 Å². The van der Waals surface area contributed by atoms with Gasteiger partial charge in [0.2, 0.25) is 6.41 Å².